The Bertz CT molecular complexity index is 298. The zero-order valence-corrected chi connectivity index (χ0v) is 7.41. The maximum absolute atomic E-state index is 13.2. The molecule has 1 aliphatic carbocycles. The van der Waals surface area contributed by atoms with Gasteiger partial charge in [-0.3, -0.25) is 0 Å². The molecule has 1 fully saturated rings. The SMILES string of the molecule is OC1CCC1Cc1ccccc1F. The lowest BCUT2D eigenvalue weighted by Gasteiger charge is -2.32. The van der Waals surface area contributed by atoms with E-state index < -0.39 is 0 Å². The van der Waals surface area contributed by atoms with Crippen molar-refractivity contribution in [2.75, 3.05) is 0 Å². The molecule has 70 valence electrons. The van der Waals surface area contributed by atoms with Gasteiger partial charge in [-0.15, -0.1) is 0 Å². The molecule has 0 amide bonds. The van der Waals surface area contributed by atoms with Gasteiger partial charge in [0, 0.05) is 0 Å². The van der Waals surface area contributed by atoms with Crippen LogP contribution in [0, 0.1) is 11.7 Å². The molecule has 2 rings (SSSR count). The number of aliphatic hydroxyl groups excluding tert-OH is 1. The fraction of sp³-hybridized carbons (Fsp3) is 0.455. The van der Waals surface area contributed by atoms with Crippen LogP contribution < -0.4 is 0 Å². The maximum Gasteiger partial charge on any atom is 0.126 e. The molecule has 0 aliphatic heterocycles. The van der Waals surface area contributed by atoms with Gasteiger partial charge < -0.3 is 5.11 Å². The average molecular weight is 180 g/mol. The van der Waals surface area contributed by atoms with Crippen LogP contribution in [-0.2, 0) is 6.42 Å². The van der Waals surface area contributed by atoms with E-state index in [0.717, 1.165) is 18.4 Å². The van der Waals surface area contributed by atoms with E-state index >= 15 is 0 Å². The highest BCUT2D eigenvalue weighted by Gasteiger charge is 2.29. The third kappa shape index (κ3) is 1.73. The maximum atomic E-state index is 13.2. The first-order valence-electron chi connectivity index (χ1n) is 4.69. The summed E-state index contributed by atoms with van der Waals surface area (Å²) in [4.78, 5) is 0. The summed E-state index contributed by atoms with van der Waals surface area (Å²) in [5.41, 5.74) is 0.728. The van der Waals surface area contributed by atoms with Crippen molar-refractivity contribution in [2.24, 2.45) is 5.92 Å². The van der Waals surface area contributed by atoms with E-state index in [1.54, 1.807) is 12.1 Å². The van der Waals surface area contributed by atoms with Crippen LogP contribution in [0.1, 0.15) is 18.4 Å². The van der Waals surface area contributed by atoms with Crippen molar-refractivity contribution < 1.29 is 9.50 Å². The van der Waals surface area contributed by atoms with E-state index in [0.29, 0.717) is 6.42 Å². The summed E-state index contributed by atoms with van der Waals surface area (Å²) in [6, 6.07) is 6.79. The van der Waals surface area contributed by atoms with Gasteiger partial charge in [-0.25, -0.2) is 4.39 Å². The number of benzene rings is 1. The molecule has 0 bridgehead atoms. The second kappa shape index (κ2) is 3.46. The molecule has 2 unspecified atom stereocenters. The van der Waals surface area contributed by atoms with Crippen molar-refractivity contribution in [1.29, 1.82) is 0 Å². The minimum Gasteiger partial charge on any atom is -0.393 e. The molecule has 0 radical (unpaired) electrons. The van der Waals surface area contributed by atoms with E-state index in [9.17, 15) is 9.50 Å². The molecule has 2 heteroatoms. The Morgan fingerprint density at radius 3 is 2.62 bits per heavy atom. The fourth-order valence-corrected chi connectivity index (χ4v) is 1.74. The van der Waals surface area contributed by atoms with Gasteiger partial charge in [0.1, 0.15) is 5.82 Å². The minimum atomic E-state index is -0.209. The Morgan fingerprint density at radius 1 is 1.31 bits per heavy atom. The lowest BCUT2D eigenvalue weighted by Crippen LogP contribution is -2.32. The first-order valence-corrected chi connectivity index (χ1v) is 4.69. The Balaban J connectivity index is 2.05. The van der Waals surface area contributed by atoms with Crippen LogP contribution >= 0.6 is 0 Å². The van der Waals surface area contributed by atoms with Crippen LogP contribution in [0.2, 0.25) is 0 Å². The molecule has 0 saturated heterocycles. The lowest BCUT2D eigenvalue weighted by atomic mass is 9.78. The van der Waals surface area contributed by atoms with Gasteiger partial charge in [0.15, 0.2) is 0 Å². The van der Waals surface area contributed by atoms with Crippen molar-refractivity contribution >= 4 is 0 Å². The third-order valence-electron chi connectivity index (χ3n) is 2.82. The molecule has 1 saturated carbocycles. The quantitative estimate of drug-likeness (QED) is 0.739. The Hall–Kier alpha value is -0.890. The normalized spacial score (nSPS) is 26.9. The lowest BCUT2D eigenvalue weighted by molar-refractivity contribution is 0.0240. The fourth-order valence-electron chi connectivity index (χ4n) is 1.74. The van der Waals surface area contributed by atoms with Gasteiger partial charge in [-0.2, -0.15) is 0 Å². The Kier molecular flexibility index (Phi) is 2.32. The molecule has 1 nitrogen and oxygen atoms in total. The van der Waals surface area contributed by atoms with E-state index in [1.807, 2.05) is 6.07 Å². The Morgan fingerprint density at radius 2 is 2.08 bits per heavy atom. The topological polar surface area (TPSA) is 20.2 Å². The highest BCUT2D eigenvalue weighted by atomic mass is 19.1. The molecular formula is C11H13FO. The predicted octanol–water partition coefficient (Wildman–Crippen LogP) is 2.14. The van der Waals surface area contributed by atoms with E-state index in [2.05, 4.69) is 0 Å². The van der Waals surface area contributed by atoms with Crippen molar-refractivity contribution in [3.05, 3.63) is 35.6 Å². The first kappa shape index (κ1) is 8.70. The molecule has 0 heterocycles. The van der Waals surface area contributed by atoms with Gasteiger partial charge in [0.2, 0.25) is 0 Å². The third-order valence-corrected chi connectivity index (χ3v) is 2.82. The summed E-state index contributed by atoms with van der Waals surface area (Å²) in [5, 5.41) is 9.34. The zero-order valence-electron chi connectivity index (χ0n) is 7.41. The van der Waals surface area contributed by atoms with Crippen LogP contribution in [0.15, 0.2) is 24.3 Å². The summed E-state index contributed by atoms with van der Waals surface area (Å²) in [6.07, 6.45) is 2.36. The Labute approximate surface area is 77.2 Å². The molecule has 0 aromatic heterocycles. The van der Waals surface area contributed by atoms with Crippen molar-refractivity contribution in [3.63, 3.8) is 0 Å². The van der Waals surface area contributed by atoms with Gasteiger partial charge in [-0.1, -0.05) is 18.2 Å². The summed E-state index contributed by atoms with van der Waals surface area (Å²) >= 11 is 0. The number of hydrogen-bond acceptors (Lipinski definition) is 1. The highest BCUT2D eigenvalue weighted by Crippen LogP contribution is 2.30. The largest absolute Gasteiger partial charge is 0.393 e. The average Bonchev–Trinajstić information content (AvgIpc) is 2.14. The second-order valence-electron chi connectivity index (χ2n) is 3.70. The molecular weight excluding hydrogens is 167 g/mol. The van der Waals surface area contributed by atoms with Crippen LogP contribution in [0.4, 0.5) is 4.39 Å². The first-order chi connectivity index (χ1) is 6.27. The number of aliphatic hydroxyl groups is 1. The number of rotatable bonds is 2. The molecule has 2 atom stereocenters. The standard InChI is InChI=1S/C11H13FO/c12-10-4-2-1-3-8(10)7-9-5-6-11(9)13/h1-4,9,11,13H,5-7H2. The van der Waals surface area contributed by atoms with Gasteiger partial charge in [-0.05, 0) is 36.8 Å². The van der Waals surface area contributed by atoms with Crippen molar-refractivity contribution in [3.8, 4) is 0 Å². The summed E-state index contributed by atoms with van der Waals surface area (Å²) in [5.74, 6) is 0.124. The molecule has 1 N–H and O–H groups in total. The molecule has 1 aromatic carbocycles. The van der Waals surface area contributed by atoms with E-state index in [-0.39, 0.29) is 17.8 Å². The zero-order chi connectivity index (χ0) is 9.26. The van der Waals surface area contributed by atoms with Crippen LogP contribution in [-0.4, -0.2) is 11.2 Å². The molecule has 1 aliphatic rings. The predicted molar refractivity (Wildman–Crippen MR) is 48.8 cm³/mol. The monoisotopic (exact) mass is 180 g/mol. The molecule has 0 spiro atoms. The van der Waals surface area contributed by atoms with E-state index in [1.165, 1.54) is 6.07 Å². The van der Waals surface area contributed by atoms with Crippen LogP contribution in [0.3, 0.4) is 0 Å². The minimum absolute atomic E-state index is 0.151. The number of hydrogen-bond donors (Lipinski definition) is 1. The van der Waals surface area contributed by atoms with Crippen LogP contribution in [0.5, 0.6) is 0 Å². The summed E-state index contributed by atoms with van der Waals surface area (Å²) in [7, 11) is 0. The van der Waals surface area contributed by atoms with Crippen LogP contribution in [0.25, 0.3) is 0 Å². The smallest absolute Gasteiger partial charge is 0.126 e. The summed E-state index contributed by atoms with van der Waals surface area (Å²) in [6.45, 7) is 0. The van der Waals surface area contributed by atoms with Gasteiger partial charge in [0.05, 0.1) is 6.10 Å². The molecule has 1 aromatic rings. The van der Waals surface area contributed by atoms with Gasteiger partial charge in [0.25, 0.3) is 0 Å². The van der Waals surface area contributed by atoms with E-state index in [4.69, 9.17) is 0 Å². The van der Waals surface area contributed by atoms with Crippen molar-refractivity contribution in [1.82, 2.24) is 0 Å². The van der Waals surface area contributed by atoms with Crippen molar-refractivity contribution in [2.45, 2.75) is 25.4 Å². The highest BCUT2D eigenvalue weighted by molar-refractivity contribution is 5.18. The van der Waals surface area contributed by atoms with Gasteiger partial charge >= 0.3 is 0 Å². The number of halogens is 1. The summed E-state index contributed by atoms with van der Waals surface area (Å²) < 4.78 is 13.2. The molecule has 13 heavy (non-hydrogen) atoms. The second-order valence-corrected chi connectivity index (χ2v) is 3.70.